The Morgan fingerprint density at radius 1 is 0.872 bits per heavy atom. The average Bonchev–Trinajstić information content (AvgIpc) is 3.36. The van der Waals surface area contributed by atoms with Gasteiger partial charge in [-0.25, -0.2) is 9.50 Å². The van der Waals surface area contributed by atoms with Crippen LogP contribution in [0.4, 0.5) is 0 Å². The molecule has 1 unspecified atom stereocenters. The highest BCUT2D eigenvalue weighted by Crippen LogP contribution is 2.35. The first kappa shape index (κ1) is 25.9. The van der Waals surface area contributed by atoms with Gasteiger partial charge in [0.2, 0.25) is 0 Å². The number of hydrogen-bond donors (Lipinski definition) is 0. The number of hydrogen-bond acceptors (Lipinski definition) is 5. The molecule has 0 amide bonds. The first-order chi connectivity index (χ1) is 18.9. The monoisotopic (exact) mass is 538 g/mol. The third kappa shape index (κ3) is 5.39. The SMILES string of the molecule is C[S+]([O-])c1ccc(-c2cnn3cc(-c4ccc(OC(C)(C)CN5CCCCC5)cc4)cnc23)c2ccccc12. The predicted molar refractivity (Wildman–Crippen MR) is 159 cm³/mol. The minimum absolute atomic E-state index is 0.251. The van der Waals surface area contributed by atoms with Crippen LogP contribution in [0.3, 0.4) is 0 Å². The summed E-state index contributed by atoms with van der Waals surface area (Å²) in [6.07, 6.45) is 11.4. The van der Waals surface area contributed by atoms with Crippen LogP contribution in [-0.4, -0.2) is 55.5 Å². The molecule has 1 saturated heterocycles. The topological polar surface area (TPSA) is 65.7 Å². The maximum Gasteiger partial charge on any atom is 0.162 e. The van der Waals surface area contributed by atoms with Gasteiger partial charge in [-0.05, 0) is 97.8 Å². The van der Waals surface area contributed by atoms with E-state index in [1.54, 1.807) is 6.26 Å². The van der Waals surface area contributed by atoms with Crippen LogP contribution in [0, 0.1) is 0 Å². The molecule has 0 saturated carbocycles. The Labute approximate surface area is 232 Å². The molecule has 5 aromatic rings. The van der Waals surface area contributed by atoms with Crippen molar-refractivity contribution in [1.82, 2.24) is 19.5 Å². The quantitative estimate of drug-likeness (QED) is 0.219. The smallest absolute Gasteiger partial charge is 0.162 e. The second-order valence-corrected chi connectivity index (χ2v) is 12.4. The molecule has 0 N–H and O–H groups in total. The van der Waals surface area contributed by atoms with Crippen molar-refractivity contribution < 1.29 is 9.29 Å². The normalized spacial score (nSPS) is 15.6. The maximum atomic E-state index is 12.3. The van der Waals surface area contributed by atoms with Gasteiger partial charge in [0.1, 0.15) is 17.6 Å². The van der Waals surface area contributed by atoms with E-state index in [0.29, 0.717) is 0 Å². The number of piperidine rings is 1. The third-order valence-electron chi connectivity index (χ3n) is 7.48. The number of rotatable bonds is 7. The number of nitrogens with zero attached hydrogens (tertiary/aromatic N) is 4. The predicted octanol–water partition coefficient (Wildman–Crippen LogP) is 6.60. The first-order valence-corrected chi connectivity index (χ1v) is 15.1. The van der Waals surface area contributed by atoms with Crippen molar-refractivity contribution in [3.8, 4) is 28.0 Å². The number of fused-ring (bicyclic) bond motifs is 2. The second kappa shape index (κ2) is 10.6. The van der Waals surface area contributed by atoms with Gasteiger partial charge < -0.3 is 9.29 Å². The maximum absolute atomic E-state index is 12.3. The van der Waals surface area contributed by atoms with Gasteiger partial charge in [-0.15, -0.1) is 0 Å². The molecule has 7 heteroatoms. The summed E-state index contributed by atoms with van der Waals surface area (Å²) in [5, 5.41) is 6.67. The fourth-order valence-corrected chi connectivity index (χ4v) is 6.44. The molecule has 0 aliphatic carbocycles. The van der Waals surface area contributed by atoms with Crippen LogP contribution in [0.15, 0.2) is 84.1 Å². The first-order valence-electron chi connectivity index (χ1n) is 13.6. The van der Waals surface area contributed by atoms with E-state index in [1.807, 2.05) is 65.6 Å². The van der Waals surface area contributed by atoms with Crippen molar-refractivity contribution in [1.29, 1.82) is 0 Å². The average molecular weight is 539 g/mol. The van der Waals surface area contributed by atoms with Crippen molar-refractivity contribution in [2.75, 3.05) is 25.9 Å². The van der Waals surface area contributed by atoms with Gasteiger partial charge in [0.15, 0.2) is 10.5 Å². The molecule has 200 valence electrons. The lowest BCUT2D eigenvalue weighted by Gasteiger charge is -2.35. The lowest BCUT2D eigenvalue weighted by atomic mass is 10.00. The Kier molecular flexibility index (Phi) is 7.06. The highest BCUT2D eigenvalue weighted by atomic mass is 32.2. The lowest BCUT2D eigenvalue weighted by molar-refractivity contribution is 0.0520. The Morgan fingerprint density at radius 3 is 2.36 bits per heavy atom. The van der Waals surface area contributed by atoms with E-state index in [-0.39, 0.29) is 5.60 Å². The summed E-state index contributed by atoms with van der Waals surface area (Å²) in [4.78, 5) is 8.16. The van der Waals surface area contributed by atoms with Gasteiger partial charge in [-0.1, -0.05) is 36.8 Å². The molecule has 1 aliphatic heterocycles. The third-order valence-corrected chi connectivity index (χ3v) is 8.45. The van der Waals surface area contributed by atoms with Gasteiger partial charge in [0.25, 0.3) is 0 Å². The van der Waals surface area contributed by atoms with E-state index < -0.39 is 11.2 Å². The second-order valence-electron chi connectivity index (χ2n) is 11.0. The highest BCUT2D eigenvalue weighted by Gasteiger charge is 2.25. The Balaban J connectivity index is 1.24. The van der Waals surface area contributed by atoms with Crippen LogP contribution in [0.1, 0.15) is 33.1 Å². The highest BCUT2D eigenvalue weighted by molar-refractivity contribution is 7.91. The van der Waals surface area contributed by atoms with E-state index in [9.17, 15) is 4.55 Å². The van der Waals surface area contributed by atoms with Crippen LogP contribution in [0.25, 0.3) is 38.7 Å². The van der Waals surface area contributed by atoms with Crippen LogP contribution in [-0.2, 0) is 11.2 Å². The molecule has 0 bridgehead atoms. The van der Waals surface area contributed by atoms with E-state index >= 15 is 0 Å². The molecule has 1 aliphatic rings. The van der Waals surface area contributed by atoms with Crippen LogP contribution in [0.2, 0.25) is 0 Å². The number of ether oxygens (including phenoxy) is 1. The summed E-state index contributed by atoms with van der Waals surface area (Å²) in [5.74, 6) is 0.875. The van der Waals surface area contributed by atoms with Crippen molar-refractivity contribution >= 4 is 27.6 Å². The molecule has 0 radical (unpaired) electrons. The van der Waals surface area contributed by atoms with Crippen LogP contribution in [0.5, 0.6) is 5.75 Å². The van der Waals surface area contributed by atoms with Gasteiger partial charge in [-0.3, -0.25) is 4.90 Å². The fourth-order valence-electron chi connectivity index (χ4n) is 5.69. The minimum Gasteiger partial charge on any atom is -0.612 e. The van der Waals surface area contributed by atoms with Crippen molar-refractivity contribution in [2.24, 2.45) is 0 Å². The van der Waals surface area contributed by atoms with E-state index in [0.717, 1.165) is 69.0 Å². The summed E-state index contributed by atoms with van der Waals surface area (Å²) in [6.45, 7) is 7.60. The van der Waals surface area contributed by atoms with Crippen molar-refractivity contribution in [3.05, 3.63) is 79.3 Å². The number of aromatic nitrogens is 3. The Hall–Kier alpha value is -3.39. The van der Waals surface area contributed by atoms with Crippen LogP contribution < -0.4 is 4.74 Å². The van der Waals surface area contributed by atoms with E-state index in [4.69, 9.17) is 9.72 Å². The summed E-state index contributed by atoms with van der Waals surface area (Å²) < 4.78 is 20.5. The summed E-state index contributed by atoms with van der Waals surface area (Å²) in [5.41, 5.74) is 4.56. The summed E-state index contributed by atoms with van der Waals surface area (Å²) in [7, 11) is 0. The number of benzene rings is 3. The van der Waals surface area contributed by atoms with E-state index in [2.05, 4.69) is 42.0 Å². The molecule has 6 nitrogen and oxygen atoms in total. The van der Waals surface area contributed by atoms with E-state index in [1.165, 1.54) is 19.3 Å². The molecule has 3 aromatic carbocycles. The largest absolute Gasteiger partial charge is 0.612 e. The zero-order chi connectivity index (χ0) is 27.0. The zero-order valence-electron chi connectivity index (χ0n) is 22.8. The molecule has 3 heterocycles. The van der Waals surface area contributed by atoms with Gasteiger partial charge in [-0.2, -0.15) is 5.10 Å². The van der Waals surface area contributed by atoms with Gasteiger partial charge in [0, 0.05) is 35.5 Å². The fraction of sp³-hybridized carbons (Fsp3) is 0.312. The Bertz CT molecular complexity index is 1600. The Morgan fingerprint density at radius 2 is 1.62 bits per heavy atom. The molecular formula is C32H34N4O2S. The van der Waals surface area contributed by atoms with Crippen molar-refractivity contribution in [2.45, 2.75) is 43.6 Å². The molecule has 39 heavy (non-hydrogen) atoms. The summed E-state index contributed by atoms with van der Waals surface area (Å²) in [6, 6.07) is 20.3. The zero-order valence-corrected chi connectivity index (χ0v) is 23.6. The summed E-state index contributed by atoms with van der Waals surface area (Å²) >= 11 is -1.07. The van der Waals surface area contributed by atoms with Gasteiger partial charge in [0.05, 0.1) is 6.20 Å². The molecule has 2 aromatic heterocycles. The molecule has 6 rings (SSSR count). The lowest BCUT2D eigenvalue weighted by Crippen LogP contribution is -2.44. The van der Waals surface area contributed by atoms with Crippen molar-refractivity contribution in [3.63, 3.8) is 0 Å². The molecule has 1 fully saturated rings. The molecular weight excluding hydrogens is 504 g/mol. The molecule has 1 atom stereocenters. The number of likely N-dealkylation sites (tertiary alicyclic amines) is 1. The standard InChI is InChI=1S/C32H34N4O2S/c1-32(2,22-35-17-7-4-8-18-35)38-25-13-11-23(12-14-25)24-19-33-31-29(20-34-36(31)21-24)27-15-16-30(39(3)37)28-10-6-5-9-26(27)28/h5-6,9-16,19-21H,4,7-8,17-18,22H2,1-3H3. The molecule has 0 spiro atoms. The minimum atomic E-state index is -1.07. The van der Waals surface area contributed by atoms with Crippen LogP contribution >= 0.6 is 0 Å². The van der Waals surface area contributed by atoms with Gasteiger partial charge >= 0.3 is 0 Å².